The van der Waals surface area contributed by atoms with Crippen LogP contribution in [0.5, 0.6) is 0 Å². The smallest absolute Gasteiger partial charge is 0.246 e. The van der Waals surface area contributed by atoms with Gasteiger partial charge in [0.05, 0.1) is 5.41 Å². The first kappa shape index (κ1) is 35.4. The van der Waals surface area contributed by atoms with Crippen molar-refractivity contribution >= 4 is 17.7 Å². The number of benzene rings is 3. The van der Waals surface area contributed by atoms with Crippen molar-refractivity contribution in [2.24, 2.45) is 11.8 Å². The summed E-state index contributed by atoms with van der Waals surface area (Å²) in [5.41, 5.74) is 2.41. The second-order valence-electron chi connectivity index (χ2n) is 15.6. The quantitative estimate of drug-likeness (QED) is 0.225. The Morgan fingerprint density at radius 2 is 1.12 bits per heavy atom. The monoisotopic (exact) mass is 688 g/mol. The highest BCUT2D eigenvalue weighted by Crippen LogP contribution is 2.43. The maximum absolute atomic E-state index is 14.6. The Kier molecular flexibility index (Phi) is 11.5. The number of amides is 3. The molecule has 4 fully saturated rings. The Hall–Kier alpha value is -3.97. The highest BCUT2D eigenvalue weighted by atomic mass is 16.2. The van der Waals surface area contributed by atoms with E-state index in [0.717, 1.165) is 48.4 Å². The van der Waals surface area contributed by atoms with Gasteiger partial charge in [-0.05, 0) is 86.4 Å². The minimum atomic E-state index is -0.724. The molecule has 3 aromatic carbocycles. The third kappa shape index (κ3) is 7.94. The molecule has 3 aromatic rings. The molecule has 7 heteroatoms. The van der Waals surface area contributed by atoms with Crippen LogP contribution in [-0.2, 0) is 19.8 Å². The van der Waals surface area contributed by atoms with Crippen molar-refractivity contribution in [1.29, 1.82) is 0 Å². The van der Waals surface area contributed by atoms with Gasteiger partial charge in [0.25, 0.3) is 0 Å². The predicted octanol–water partition coefficient (Wildman–Crippen LogP) is 6.80. The van der Waals surface area contributed by atoms with E-state index in [1.54, 1.807) is 4.90 Å². The van der Waals surface area contributed by atoms with E-state index in [9.17, 15) is 14.4 Å². The van der Waals surface area contributed by atoms with Gasteiger partial charge in [-0.3, -0.25) is 14.4 Å². The zero-order valence-electron chi connectivity index (χ0n) is 30.3. The molecular weight excluding hydrogens is 633 g/mol. The Labute approximate surface area is 304 Å². The van der Waals surface area contributed by atoms with Gasteiger partial charge in [0.2, 0.25) is 17.7 Å². The van der Waals surface area contributed by atoms with Gasteiger partial charge in [0.15, 0.2) is 0 Å². The van der Waals surface area contributed by atoms with Gasteiger partial charge >= 0.3 is 0 Å². The SMILES string of the molecule is O=C(NC[C@H]1CCCN(CC2CCCCC2)C1)[C@H]1CCCN1C(=O)[C@@H]1CCCN1C(=O)CC(c1ccccc1)(c1ccccc1)c1ccccc1. The van der Waals surface area contributed by atoms with Gasteiger partial charge < -0.3 is 20.0 Å². The molecule has 1 N–H and O–H groups in total. The highest BCUT2D eigenvalue weighted by molar-refractivity contribution is 5.93. The number of carbonyl (C=O) groups is 3. The summed E-state index contributed by atoms with van der Waals surface area (Å²) in [5.74, 6) is 1.16. The Morgan fingerprint density at radius 1 is 0.588 bits per heavy atom. The van der Waals surface area contributed by atoms with Gasteiger partial charge in [-0.25, -0.2) is 0 Å². The standard InChI is InChI=1S/C44H56N4O3/c49-41(30-44(36-19-7-2-8-20-36,37-21-9-3-10-22-37)38-23-11-4-12-24-38)47-28-15-26-40(47)43(51)48-29-14-25-39(48)42(50)45-31-35-18-13-27-46(33-35)32-34-16-5-1-6-17-34/h2-4,7-12,19-24,34-35,39-40H,1,5-6,13-18,25-33H2,(H,45,50)/t35-,39-,40+/m1/s1. The average Bonchev–Trinajstić information content (AvgIpc) is 3.89. The van der Waals surface area contributed by atoms with E-state index in [1.165, 1.54) is 51.6 Å². The molecule has 3 aliphatic heterocycles. The van der Waals surface area contributed by atoms with Crippen molar-refractivity contribution in [3.8, 4) is 0 Å². The summed E-state index contributed by atoms with van der Waals surface area (Å²) in [6, 6.07) is 29.8. The summed E-state index contributed by atoms with van der Waals surface area (Å²) in [6.07, 6.45) is 12.3. The fourth-order valence-electron chi connectivity index (χ4n) is 9.70. The molecule has 4 aliphatic rings. The maximum atomic E-state index is 14.6. The van der Waals surface area contributed by atoms with Crippen molar-refractivity contribution in [1.82, 2.24) is 20.0 Å². The molecule has 0 aromatic heterocycles. The lowest BCUT2D eigenvalue weighted by molar-refractivity contribution is -0.146. The van der Waals surface area contributed by atoms with E-state index in [-0.39, 0.29) is 24.1 Å². The minimum Gasteiger partial charge on any atom is -0.354 e. The number of nitrogens with zero attached hydrogens (tertiary/aromatic N) is 3. The zero-order chi connectivity index (χ0) is 35.0. The molecule has 7 rings (SSSR count). The van der Waals surface area contributed by atoms with Gasteiger partial charge in [-0.1, -0.05) is 110 Å². The number of nitrogens with one attached hydrogen (secondary N) is 1. The lowest BCUT2D eigenvalue weighted by Gasteiger charge is -2.38. The van der Waals surface area contributed by atoms with E-state index < -0.39 is 17.5 Å². The van der Waals surface area contributed by atoms with Crippen molar-refractivity contribution in [2.45, 2.75) is 94.5 Å². The van der Waals surface area contributed by atoms with Crippen LogP contribution in [0.3, 0.4) is 0 Å². The molecule has 0 radical (unpaired) electrons. The zero-order valence-corrected chi connectivity index (χ0v) is 30.3. The summed E-state index contributed by atoms with van der Waals surface area (Å²) >= 11 is 0. The van der Waals surface area contributed by atoms with Crippen molar-refractivity contribution in [2.75, 3.05) is 39.3 Å². The molecule has 1 aliphatic carbocycles. The third-order valence-electron chi connectivity index (χ3n) is 12.3. The molecule has 0 bridgehead atoms. The topological polar surface area (TPSA) is 73.0 Å². The van der Waals surface area contributed by atoms with E-state index in [2.05, 4.69) is 46.6 Å². The molecule has 0 unspecified atom stereocenters. The second-order valence-corrected chi connectivity index (χ2v) is 15.6. The van der Waals surface area contributed by atoms with Crippen molar-refractivity contribution in [3.05, 3.63) is 108 Å². The predicted molar refractivity (Wildman–Crippen MR) is 202 cm³/mol. The van der Waals surface area contributed by atoms with Crippen LogP contribution < -0.4 is 5.32 Å². The Morgan fingerprint density at radius 3 is 1.73 bits per heavy atom. The Bertz CT molecular complexity index is 1500. The van der Waals surface area contributed by atoms with Crippen LogP contribution in [0.4, 0.5) is 0 Å². The molecule has 3 atom stereocenters. The van der Waals surface area contributed by atoms with Crippen molar-refractivity contribution in [3.63, 3.8) is 0 Å². The van der Waals surface area contributed by atoms with Gasteiger partial charge in [-0.15, -0.1) is 0 Å². The van der Waals surface area contributed by atoms with E-state index in [0.29, 0.717) is 38.4 Å². The number of hydrogen-bond donors (Lipinski definition) is 1. The van der Waals surface area contributed by atoms with Gasteiger partial charge in [0.1, 0.15) is 12.1 Å². The first-order chi connectivity index (χ1) is 25.0. The van der Waals surface area contributed by atoms with Crippen LogP contribution in [0.15, 0.2) is 91.0 Å². The Balaban J connectivity index is 1.03. The lowest BCUT2D eigenvalue weighted by Crippen LogP contribution is -2.54. The fraction of sp³-hybridized carbons (Fsp3) is 0.523. The van der Waals surface area contributed by atoms with Crippen LogP contribution in [0.1, 0.15) is 93.7 Å². The first-order valence-electron chi connectivity index (χ1n) is 19.8. The summed E-state index contributed by atoms with van der Waals surface area (Å²) < 4.78 is 0. The average molecular weight is 689 g/mol. The fourth-order valence-corrected chi connectivity index (χ4v) is 9.70. The largest absolute Gasteiger partial charge is 0.354 e. The molecule has 1 saturated carbocycles. The van der Waals surface area contributed by atoms with E-state index >= 15 is 0 Å². The minimum absolute atomic E-state index is 0.0299. The maximum Gasteiger partial charge on any atom is 0.246 e. The van der Waals surface area contributed by atoms with E-state index in [1.807, 2.05) is 59.5 Å². The number of rotatable bonds is 11. The summed E-state index contributed by atoms with van der Waals surface area (Å²) in [6.45, 7) is 5.22. The lowest BCUT2D eigenvalue weighted by atomic mass is 9.67. The van der Waals surface area contributed by atoms with E-state index in [4.69, 9.17) is 0 Å². The van der Waals surface area contributed by atoms with Crippen LogP contribution in [0.25, 0.3) is 0 Å². The van der Waals surface area contributed by atoms with Crippen LogP contribution in [-0.4, -0.2) is 83.8 Å². The number of piperidine rings is 1. The van der Waals surface area contributed by atoms with Crippen LogP contribution >= 0.6 is 0 Å². The van der Waals surface area contributed by atoms with Gasteiger partial charge in [-0.2, -0.15) is 0 Å². The molecule has 51 heavy (non-hydrogen) atoms. The first-order valence-corrected chi connectivity index (χ1v) is 19.8. The number of carbonyl (C=O) groups excluding carboxylic acids is 3. The number of likely N-dealkylation sites (tertiary alicyclic amines) is 3. The van der Waals surface area contributed by atoms with Crippen LogP contribution in [0, 0.1) is 11.8 Å². The third-order valence-corrected chi connectivity index (χ3v) is 12.3. The highest BCUT2D eigenvalue weighted by Gasteiger charge is 2.45. The normalized spacial score (nSPS) is 23.3. The molecule has 3 saturated heterocycles. The molecule has 3 heterocycles. The second kappa shape index (κ2) is 16.6. The summed E-state index contributed by atoms with van der Waals surface area (Å²) in [7, 11) is 0. The molecule has 270 valence electrons. The van der Waals surface area contributed by atoms with Crippen LogP contribution in [0.2, 0.25) is 0 Å². The summed E-state index contributed by atoms with van der Waals surface area (Å²) in [5, 5.41) is 3.27. The van der Waals surface area contributed by atoms with Crippen molar-refractivity contribution < 1.29 is 14.4 Å². The molecule has 3 amide bonds. The number of hydrogen-bond acceptors (Lipinski definition) is 4. The molecular formula is C44H56N4O3. The summed E-state index contributed by atoms with van der Waals surface area (Å²) in [4.78, 5) is 48.9. The van der Waals surface area contributed by atoms with Gasteiger partial charge in [0, 0.05) is 39.1 Å². The molecule has 0 spiro atoms. The molecule has 7 nitrogen and oxygen atoms in total.